The Bertz CT molecular complexity index is 273. The molecule has 0 aromatic carbocycles. The first kappa shape index (κ1) is 10.8. The van der Waals surface area contributed by atoms with Gasteiger partial charge in [-0.15, -0.1) is 0 Å². The van der Waals surface area contributed by atoms with Gasteiger partial charge >= 0.3 is 0 Å². The van der Waals surface area contributed by atoms with E-state index in [0.717, 1.165) is 23.7 Å². The van der Waals surface area contributed by atoms with Gasteiger partial charge in [0.2, 0.25) is 0 Å². The van der Waals surface area contributed by atoms with Crippen LogP contribution in [0, 0.1) is 29.6 Å². The molecule has 90 valence electrons. The minimum Gasteiger partial charge on any atom is -0.389 e. The van der Waals surface area contributed by atoms with Crippen LogP contribution in [0.1, 0.15) is 46.0 Å². The van der Waals surface area contributed by atoms with Crippen molar-refractivity contribution in [2.75, 3.05) is 0 Å². The Morgan fingerprint density at radius 2 is 1.50 bits per heavy atom. The summed E-state index contributed by atoms with van der Waals surface area (Å²) in [6, 6.07) is 0. The molecule has 0 aromatic heterocycles. The summed E-state index contributed by atoms with van der Waals surface area (Å²) in [5.74, 6) is 4.28. The lowest BCUT2D eigenvalue weighted by Crippen LogP contribution is -2.48. The molecule has 1 atom stereocenters. The quantitative estimate of drug-likeness (QED) is 0.707. The Kier molecular flexibility index (Phi) is 2.62. The molecule has 16 heavy (non-hydrogen) atoms. The Balaban J connectivity index is 1.79. The lowest BCUT2D eigenvalue weighted by Gasteiger charge is -2.55. The normalized spacial score (nSPS) is 46.8. The average molecular weight is 220 g/mol. The van der Waals surface area contributed by atoms with Crippen molar-refractivity contribution in [1.29, 1.82) is 0 Å². The van der Waals surface area contributed by atoms with E-state index >= 15 is 0 Å². The van der Waals surface area contributed by atoms with Crippen molar-refractivity contribution in [3.63, 3.8) is 0 Å². The first-order valence-corrected chi connectivity index (χ1v) is 6.96. The summed E-state index contributed by atoms with van der Waals surface area (Å²) in [6.07, 6.45) is 9.05. The van der Waals surface area contributed by atoms with Crippen molar-refractivity contribution in [3.8, 4) is 0 Å². The molecule has 0 heterocycles. The van der Waals surface area contributed by atoms with Crippen molar-refractivity contribution < 1.29 is 5.11 Å². The molecule has 0 radical (unpaired) electrons. The van der Waals surface area contributed by atoms with E-state index in [-0.39, 0.29) is 6.10 Å². The number of aliphatic hydroxyl groups is 1. The predicted molar refractivity (Wildman–Crippen MR) is 66.0 cm³/mol. The summed E-state index contributed by atoms with van der Waals surface area (Å²) in [5, 5.41) is 10.4. The second-order valence-corrected chi connectivity index (χ2v) is 6.74. The SMILES string of the molecule is CC(C)=CC(O)C1C2CC3CC(C2)CC1C3. The van der Waals surface area contributed by atoms with Gasteiger partial charge < -0.3 is 5.11 Å². The molecule has 4 aliphatic carbocycles. The molecular formula is C15H24O. The summed E-state index contributed by atoms with van der Waals surface area (Å²) >= 11 is 0. The third kappa shape index (κ3) is 1.73. The molecule has 4 aliphatic rings. The van der Waals surface area contributed by atoms with Gasteiger partial charge in [-0.25, -0.2) is 0 Å². The van der Waals surface area contributed by atoms with Crippen LogP contribution in [0.25, 0.3) is 0 Å². The van der Waals surface area contributed by atoms with Crippen molar-refractivity contribution in [1.82, 2.24) is 0 Å². The minimum atomic E-state index is -0.167. The topological polar surface area (TPSA) is 20.2 Å². The van der Waals surface area contributed by atoms with Crippen LogP contribution in [0.5, 0.6) is 0 Å². The van der Waals surface area contributed by atoms with Crippen LogP contribution in [0.2, 0.25) is 0 Å². The van der Waals surface area contributed by atoms with E-state index < -0.39 is 0 Å². The zero-order valence-corrected chi connectivity index (χ0v) is 10.5. The Morgan fingerprint density at radius 3 is 1.94 bits per heavy atom. The van der Waals surface area contributed by atoms with Crippen LogP contribution in [0.3, 0.4) is 0 Å². The van der Waals surface area contributed by atoms with Gasteiger partial charge in [0.05, 0.1) is 6.10 Å². The molecule has 1 N–H and O–H groups in total. The summed E-state index contributed by atoms with van der Waals surface area (Å²) in [5.41, 5.74) is 1.27. The van der Waals surface area contributed by atoms with E-state index in [4.69, 9.17) is 0 Å². The highest BCUT2D eigenvalue weighted by Crippen LogP contribution is 2.57. The minimum absolute atomic E-state index is 0.167. The molecule has 4 fully saturated rings. The fourth-order valence-corrected chi connectivity index (χ4v) is 4.98. The lowest BCUT2D eigenvalue weighted by molar-refractivity contribution is -0.0763. The van der Waals surface area contributed by atoms with Gasteiger partial charge in [-0.2, -0.15) is 0 Å². The van der Waals surface area contributed by atoms with Crippen LogP contribution < -0.4 is 0 Å². The van der Waals surface area contributed by atoms with E-state index in [9.17, 15) is 5.11 Å². The highest BCUT2D eigenvalue weighted by atomic mass is 16.3. The van der Waals surface area contributed by atoms with Gasteiger partial charge in [0, 0.05) is 0 Å². The fraction of sp³-hybridized carbons (Fsp3) is 0.867. The molecule has 0 amide bonds. The molecule has 0 aliphatic heterocycles. The van der Waals surface area contributed by atoms with E-state index in [0.29, 0.717) is 5.92 Å². The van der Waals surface area contributed by atoms with Gasteiger partial charge in [-0.1, -0.05) is 11.6 Å². The van der Waals surface area contributed by atoms with Crippen molar-refractivity contribution >= 4 is 0 Å². The molecule has 4 rings (SSSR count). The predicted octanol–water partition coefficient (Wildman–Crippen LogP) is 3.39. The molecule has 0 spiro atoms. The summed E-state index contributed by atoms with van der Waals surface area (Å²) in [7, 11) is 0. The van der Waals surface area contributed by atoms with E-state index in [1.165, 1.54) is 37.7 Å². The van der Waals surface area contributed by atoms with Crippen LogP contribution in [-0.2, 0) is 0 Å². The first-order chi connectivity index (χ1) is 7.63. The highest BCUT2D eigenvalue weighted by molar-refractivity contribution is 5.07. The molecule has 1 nitrogen and oxygen atoms in total. The van der Waals surface area contributed by atoms with Gasteiger partial charge in [0.15, 0.2) is 0 Å². The van der Waals surface area contributed by atoms with E-state index in [1.807, 2.05) is 0 Å². The fourth-order valence-electron chi connectivity index (χ4n) is 4.98. The molecule has 4 saturated carbocycles. The second-order valence-electron chi connectivity index (χ2n) is 6.74. The summed E-state index contributed by atoms with van der Waals surface area (Å²) in [6.45, 7) is 4.19. The number of allylic oxidation sites excluding steroid dienone is 1. The largest absolute Gasteiger partial charge is 0.389 e. The van der Waals surface area contributed by atoms with Crippen LogP contribution in [0.4, 0.5) is 0 Å². The Morgan fingerprint density at radius 1 is 1.00 bits per heavy atom. The van der Waals surface area contributed by atoms with Crippen LogP contribution >= 0.6 is 0 Å². The number of aliphatic hydroxyl groups excluding tert-OH is 1. The number of hydrogen-bond acceptors (Lipinski definition) is 1. The third-order valence-electron chi connectivity index (χ3n) is 5.20. The second kappa shape index (κ2) is 3.87. The van der Waals surface area contributed by atoms with Crippen molar-refractivity contribution in [3.05, 3.63) is 11.6 Å². The molecule has 1 unspecified atom stereocenters. The average Bonchev–Trinajstić information content (AvgIpc) is 2.13. The third-order valence-corrected chi connectivity index (χ3v) is 5.20. The maximum Gasteiger partial charge on any atom is 0.0756 e. The summed E-state index contributed by atoms with van der Waals surface area (Å²) in [4.78, 5) is 0. The van der Waals surface area contributed by atoms with Crippen molar-refractivity contribution in [2.24, 2.45) is 29.6 Å². The molecule has 4 bridgehead atoms. The van der Waals surface area contributed by atoms with Crippen LogP contribution in [0.15, 0.2) is 11.6 Å². The molecule has 0 saturated heterocycles. The monoisotopic (exact) mass is 220 g/mol. The zero-order chi connectivity index (χ0) is 11.3. The zero-order valence-electron chi connectivity index (χ0n) is 10.5. The number of rotatable bonds is 2. The Hall–Kier alpha value is -0.300. The van der Waals surface area contributed by atoms with Gasteiger partial charge in [-0.3, -0.25) is 0 Å². The first-order valence-electron chi connectivity index (χ1n) is 6.96. The molecule has 1 heteroatoms. The standard InChI is InChI=1S/C15H24O/c1-9(2)3-14(16)15-12-5-10-4-11(7-12)8-13(15)6-10/h3,10-16H,4-8H2,1-2H3. The summed E-state index contributed by atoms with van der Waals surface area (Å²) < 4.78 is 0. The van der Waals surface area contributed by atoms with Gasteiger partial charge in [0.1, 0.15) is 0 Å². The maximum absolute atomic E-state index is 10.4. The van der Waals surface area contributed by atoms with E-state index in [2.05, 4.69) is 19.9 Å². The molecule has 0 aromatic rings. The Labute approximate surface area is 98.9 Å². The smallest absolute Gasteiger partial charge is 0.0756 e. The van der Waals surface area contributed by atoms with E-state index in [1.54, 1.807) is 0 Å². The lowest BCUT2D eigenvalue weighted by atomic mass is 9.51. The maximum atomic E-state index is 10.4. The van der Waals surface area contributed by atoms with Gasteiger partial charge in [-0.05, 0) is 75.5 Å². The van der Waals surface area contributed by atoms with Crippen LogP contribution in [-0.4, -0.2) is 11.2 Å². The van der Waals surface area contributed by atoms with Gasteiger partial charge in [0.25, 0.3) is 0 Å². The molecular weight excluding hydrogens is 196 g/mol. The highest BCUT2D eigenvalue weighted by Gasteiger charge is 2.49. The van der Waals surface area contributed by atoms with Crippen molar-refractivity contribution in [2.45, 2.75) is 52.1 Å². The number of hydrogen-bond donors (Lipinski definition) is 1.